The molecule has 1 amide bonds. The lowest BCUT2D eigenvalue weighted by molar-refractivity contribution is 0.0734. The summed E-state index contributed by atoms with van der Waals surface area (Å²) in [6, 6.07) is 10.0. The largest absolute Gasteiger partial charge is 0.336 e. The number of hydrogen-bond donors (Lipinski definition) is 1. The van der Waals surface area contributed by atoms with Crippen molar-refractivity contribution in [1.82, 2.24) is 20.0 Å². The minimum atomic E-state index is -0.00697. The minimum absolute atomic E-state index is 0.00697. The van der Waals surface area contributed by atoms with Gasteiger partial charge in [-0.15, -0.1) is 0 Å². The number of hydrogen-bond acceptors (Lipinski definition) is 3. The highest BCUT2D eigenvalue weighted by Crippen LogP contribution is 2.20. The topological polar surface area (TPSA) is 50.2 Å². The fraction of sp³-hybridized carbons (Fsp3) is 0.375. The van der Waals surface area contributed by atoms with Crippen LogP contribution in [0.5, 0.6) is 0 Å². The van der Waals surface area contributed by atoms with Crippen LogP contribution in [-0.4, -0.2) is 46.8 Å². The fourth-order valence-corrected chi connectivity index (χ4v) is 3.08. The fourth-order valence-electron chi connectivity index (χ4n) is 2.70. The molecular weight excluding hydrogens is 344 g/mol. The molecule has 1 aliphatic rings. The summed E-state index contributed by atoms with van der Waals surface area (Å²) >= 11 is 3.38. The van der Waals surface area contributed by atoms with Crippen molar-refractivity contribution >= 4 is 21.8 Å². The first-order chi connectivity index (χ1) is 10.6. The Morgan fingerprint density at radius 2 is 2.14 bits per heavy atom. The van der Waals surface area contributed by atoms with Gasteiger partial charge in [0, 0.05) is 25.7 Å². The van der Waals surface area contributed by atoms with Gasteiger partial charge >= 0.3 is 0 Å². The van der Waals surface area contributed by atoms with E-state index < -0.39 is 0 Å². The number of amides is 1. The maximum absolute atomic E-state index is 12.8. The van der Waals surface area contributed by atoms with Gasteiger partial charge in [0.05, 0.1) is 5.69 Å². The van der Waals surface area contributed by atoms with Crippen molar-refractivity contribution in [1.29, 1.82) is 0 Å². The van der Waals surface area contributed by atoms with E-state index in [0.717, 1.165) is 25.2 Å². The van der Waals surface area contributed by atoms with Gasteiger partial charge in [0.25, 0.3) is 5.91 Å². The smallest absolute Gasteiger partial charge is 0.272 e. The van der Waals surface area contributed by atoms with Gasteiger partial charge in [0.1, 0.15) is 10.3 Å². The molecule has 1 fully saturated rings. The Bertz CT molecular complexity index is 674. The summed E-state index contributed by atoms with van der Waals surface area (Å²) in [5.41, 5.74) is 2.64. The first-order valence-electron chi connectivity index (χ1n) is 7.37. The second-order valence-electron chi connectivity index (χ2n) is 5.66. The zero-order chi connectivity index (χ0) is 15.7. The maximum atomic E-state index is 12.8. The SMILES string of the molecule is Cc1ccc(-n2nc(Br)cc2C(=O)N(C)[C@H]2CCNC2)cc1. The Morgan fingerprint density at radius 1 is 1.41 bits per heavy atom. The monoisotopic (exact) mass is 362 g/mol. The molecule has 0 aliphatic carbocycles. The number of benzene rings is 1. The van der Waals surface area contributed by atoms with E-state index in [1.54, 1.807) is 10.7 Å². The Labute approximate surface area is 138 Å². The molecule has 0 bridgehead atoms. The van der Waals surface area contributed by atoms with Crippen LogP contribution in [-0.2, 0) is 0 Å². The van der Waals surface area contributed by atoms with Gasteiger partial charge in [0.15, 0.2) is 0 Å². The third-order valence-corrected chi connectivity index (χ3v) is 4.47. The summed E-state index contributed by atoms with van der Waals surface area (Å²) in [6.45, 7) is 3.85. The van der Waals surface area contributed by atoms with Crippen molar-refractivity contribution in [3.63, 3.8) is 0 Å². The minimum Gasteiger partial charge on any atom is -0.336 e. The van der Waals surface area contributed by atoms with Crippen LogP contribution in [0.1, 0.15) is 22.5 Å². The molecule has 0 spiro atoms. The number of aryl methyl sites for hydroxylation is 1. The predicted molar refractivity (Wildman–Crippen MR) is 89.4 cm³/mol. The zero-order valence-corrected chi connectivity index (χ0v) is 14.3. The molecule has 1 N–H and O–H groups in total. The van der Waals surface area contributed by atoms with Crippen LogP contribution in [0, 0.1) is 6.92 Å². The first-order valence-corrected chi connectivity index (χ1v) is 8.16. The second kappa shape index (κ2) is 6.22. The lowest BCUT2D eigenvalue weighted by Gasteiger charge is -2.24. The number of carbonyl (C=O) groups is 1. The van der Waals surface area contributed by atoms with Crippen molar-refractivity contribution in [3.05, 3.63) is 46.2 Å². The Balaban J connectivity index is 1.93. The molecule has 2 heterocycles. The molecular formula is C16H19BrN4O. The van der Waals surface area contributed by atoms with E-state index in [2.05, 4.69) is 26.3 Å². The number of rotatable bonds is 3. The molecule has 0 saturated carbocycles. The van der Waals surface area contributed by atoms with E-state index >= 15 is 0 Å². The second-order valence-corrected chi connectivity index (χ2v) is 6.47. The van der Waals surface area contributed by atoms with E-state index in [9.17, 15) is 4.79 Å². The van der Waals surface area contributed by atoms with E-state index in [0.29, 0.717) is 10.3 Å². The third kappa shape index (κ3) is 2.94. The van der Waals surface area contributed by atoms with Gasteiger partial charge in [-0.2, -0.15) is 5.10 Å². The van der Waals surface area contributed by atoms with Crippen LogP contribution in [0.2, 0.25) is 0 Å². The normalized spacial score (nSPS) is 17.7. The van der Waals surface area contributed by atoms with Gasteiger partial charge < -0.3 is 10.2 Å². The zero-order valence-electron chi connectivity index (χ0n) is 12.7. The number of carbonyl (C=O) groups excluding carboxylic acids is 1. The molecule has 0 unspecified atom stereocenters. The lowest BCUT2D eigenvalue weighted by Crippen LogP contribution is -2.39. The summed E-state index contributed by atoms with van der Waals surface area (Å²) in [4.78, 5) is 14.6. The van der Waals surface area contributed by atoms with Crippen LogP contribution in [0.25, 0.3) is 5.69 Å². The third-order valence-electron chi connectivity index (χ3n) is 4.08. The molecule has 1 atom stereocenters. The lowest BCUT2D eigenvalue weighted by atomic mass is 10.2. The van der Waals surface area contributed by atoms with E-state index in [1.165, 1.54) is 5.56 Å². The molecule has 1 aromatic carbocycles. The van der Waals surface area contributed by atoms with Crippen LogP contribution < -0.4 is 5.32 Å². The summed E-state index contributed by atoms with van der Waals surface area (Å²) in [7, 11) is 1.86. The highest BCUT2D eigenvalue weighted by Gasteiger charge is 2.27. The predicted octanol–water partition coefficient (Wildman–Crippen LogP) is 2.38. The molecule has 0 radical (unpaired) electrons. The summed E-state index contributed by atoms with van der Waals surface area (Å²) in [5, 5.41) is 7.70. The highest BCUT2D eigenvalue weighted by molar-refractivity contribution is 9.10. The first kappa shape index (κ1) is 15.2. The maximum Gasteiger partial charge on any atom is 0.272 e. The number of nitrogens with zero attached hydrogens (tertiary/aromatic N) is 3. The van der Waals surface area contributed by atoms with Gasteiger partial charge in [0.2, 0.25) is 0 Å². The molecule has 1 aliphatic heterocycles. The highest BCUT2D eigenvalue weighted by atomic mass is 79.9. The molecule has 116 valence electrons. The van der Waals surface area contributed by atoms with Crippen LogP contribution >= 0.6 is 15.9 Å². The summed E-state index contributed by atoms with van der Waals surface area (Å²) < 4.78 is 2.36. The number of aromatic nitrogens is 2. The molecule has 5 nitrogen and oxygen atoms in total. The van der Waals surface area contributed by atoms with Crippen LogP contribution in [0.15, 0.2) is 34.9 Å². The number of likely N-dealkylation sites (N-methyl/N-ethyl adjacent to an activating group) is 1. The average Bonchev–Trinajstić information content (AvgIpc) is 3.16. The quantitative estimate of drug-likeness (QED) is 0.911. The Morgan fingerprint density at radius 3 is 2.77 bits per heavy atom. The number of halogens is 1. The van der Waals surface area contributed by atoms with Crippen molar-refractivity contribution in [2.45, 2.75) is 19.4 Å². The summed E-state index contributed by atoms with van der Waals surface area (Å²) in [5.74, 6) is -0.00697. The standard InChI is InChI=1S/C16H19BrN4O/c1-11-3-5-12(6-4-11)21-14(9-15(17)19-21)16(22)20(2)13-7-8-18-10-13/h3-6,9,13,18H,7-8,10H2,1-2H3/t13-/m0/s1. The average molecular weight is 363 g/mol. The van der Waals surface area contributed by atoms with E-state index in [4.69, 9.17) is 0 Å². The van der Waals surface area contributed by atoms with Gasteiger partial charge in [-0.1, -0.05) is 17.7 Å². The van der Waals surface area contributed by atoms with Crippen molar-refractivity contribution in [2.24, 2.45) is 0 Å². The van der Waals surface area contributed by atoms with Crippen molar-refractivity contribution < 1.29 is 4.79 Å². The molecule has 2 aromatic rings. The molecule has 6 heteroatoms. The Kier molecular flexibility index (Phi) is 4.31. The summed E-state index contributed by atoms with van der Waals surface area (Å²) in [6.07, 6.45) is 0.988. The van der Waals surface area contributed by atoms with E-state index in [-0.39, 0.29) is 11.9 Å². The van der Waals surface area contributed by atoms with Crippen molar-refractivity contribution in [2.75, 3.05) is 20.1 Å². The van der Waals surface area contributed by atoms with Crippen LogP contribution in [0.4, 0.5) is 0 Å². The molecule has 1 aromatic heterocycles. The van der Waals surface area contributed by atoms with Gasteiger partial charge in [-0.25, -0.2) is 4.68 Å². The molecule has 22 heavy (non-hydrogen) atoms. The van der Waals surface area contributed by atoms with Gasteiger partial charge in [-0.05, 0) is 48.0 Å². The number of nitrogens with one attached hydrogen (secondary N) is 1. The van der Waals surface area contributed by atoms with Gasteiger partial charge in [-0.3, -0.25) is 4.79 Å². The molecule has 3 rings (SSSR count). The van der Waals surface area contributed by atoms with Crippen molar-refractivity contribution in [3.8, 4) is 5.69 Å². The van der Waals surface area contributed by atoms with Crippen LogP contribution in [0.3, 0.4) is 0 Å². The molecule has 1 saturated heterocycles. The Hall–Kier alpha value is -1.66. The van der Waals surface area contributed by atoms with E-state index in [1.807, 2.05) is 43.1 Å².